The van der Waals surface area contributed by atoms with Crippen LogP contribution in [0.25, 0.3) is 11.0 Å². The minimum Gasteiger partial charge on any atom is -0.497 e. The molecule has 3 nitrogen and oxygen atoms in total. The quantitative estimate of drug-likeness (QED) is 0.773. The first-order valence-corrected chi connectivity index (χ1v) is 8.18. The Morgan fingerprint density at radius 2 is 2.24 bits per heavy atom. The summed E-state index contributed by atoms with van der Waals surface area (Å²) in [6.07, 6.45) is 4.52. The number of ether oxygens (including phenoxy) is 1. The lowest BCUT2D eigenvalue weighted by Crippen LogP contribution is -2.12. The van der Waals surface area contributed by atoms with Gasteiger partial charge in [-0.2, -0.15) is 0 Å². The molecule has 1 aromatic carbocycles. The molecule has 1 unspecified atom stereocenters. The minimum absolute atomic E-state index is 0.423. The van der Waals surface area contributed by atoms with Crippen molar-refractivity contribution >= 4 is 22.6 Å². The molecule has 1 aliphatic rings. The normalized spacial score (nSPS) is 21.0. The zero-order valence-corrected chi connectivity index (χ0v) is 13.8. The van der Waals surface area contributed by atoms with Gasteiger partial charge in [0.1, 0.15) is 11.6 Å². The highest BCUT2D eigenvalue weighted by atomic mass is 35.5. The van der Waals surface area contributed by atoms with Crippen LogP contribution in [0.3, 0.4) is 0 Å². The van der Waals surface area contributed by atoms with Crippen LogP contribution in [0.5, 0.6) is 5.75 Å². The predicted octanol–water partition coefficient (Wildman–Crippen LogP) is 4.58. The molecule has 3 rings (SSSR count). The van der Waals surface area contributed by atoms with Crippen molar-refractivity contribution in [1.29, 1.82) is 0 Å². The summed E-state index contributed by atoms with van der Waals surface area (Å²) in [5.74, 6) is 2.57. The van der Waals surface area contributed by atoms with E-state index in [0.29, 0.717) is 17.3 Å². The van der Waals surface area contributed by atoms with Crippen LogP contribution >= 0.6 is 11.6 Å². The summed E-state index contributed by atoms with van der Waals surface area (Å²) in [7, 11) is 1.69. The molecule has 21 heavy (non-hydrogen) atoms. The van der Waals surface area contributed by atoms with Crippen molar-refractivity contribution in [3.8, 4) is 5.75 Å². The second-order valence-electron chi connectivity index (χ2n) is 6.75. The number of nitrogens with zero attached hydrogens (tertiary/aromatic N) is 2. The molecule has 0 N–H and O–H groups in total. The third-order valence-electron chi connectivity index (χ3n) is 4.60. The van der Waals surface area contributed by atoms with Gasteiger partial charge in [-0.15, -0.1) is 11.6 Å². The van der Waals surface area contributed by atoms with Crippen LogP contribution in [-0.4, -0.2) is 22.5 Å². The van der Waals surface area contributed by atoms with Crippen molar-refractivity contribution in [2.24, 2.45) is 5.41 Å². The largest absolute Gasteiger partial charge is 0.497 e. The Morgan fingerprint density at radius 3 is 2.86 bits per heavy atom. The van der Waals surface area contributed by atoms with Gasteiger partial charge in [-0.05, 0) is 36.8 Å². The number of aryl methyl sites for hydroxylation is 1. The summed E-state index contributed by atoms with van der Waals surface area (Å²) in [4.78, 5) is 4.80. The minimum atomic E-state index is 0.423. The molecule has 4 heteroatoms. The molecule has 1 aliphatic carbocycles. The lowest BCUT2D eigenvalue weighted by Gasteiger charge is -2.20. The monoisotopic (exact) mass is 306 g/mol. The van der Waals surface area contributed by atoms with Gasteiger partial charge in [0.15, 0.2) is 0 Å². The zero-order valence-electron chi connectivity index (χ0n) is 13.0. The smallest absolute Gasteiger partial charge is 0.121 e. The summed E-state index contributed by atoms with van der Waals surface area (Å²) in [6.45, 7) is 4.72. The highest BCUT2D eigenvalue weighted by Gasteiger charge is 2.33. The van der Waals surface area contributed by atoms with Crippen molar-refractivity contribution in [1.82, 2.24) is 9.55 Å². The van der Waals surface area contributed by atoms with Gasteiger partial charge < -0.3 is 9.30 Å². The van der Waals surface area contributed by atoms with E-state index in [4.69, 9.17) is 21.3 Å². The lowest BCUT2D eigenvalue weighted by atomic mass is 9.92. The molecule has 1 heterocycles. The Balaban J connectivity index is 2.08. The van der Waals surface area contributed by atoms with Crippen molar-refractivity contribution in [2.45, 2.75) is 45.6 Å². The fourth-order valence-electron chi connectivity index (χ4n) is 3.54. The Morgan fingerprint density at radius 1 is 1.43 bits per heavy atom. The van der Waals surface area contributed by atoms with E-state index < -0.39 is 0 Å². The van der Waals surface area contributed by atoms with E-state index in [1.807, 2.05) is 12.1 Å². The highest BCUT2D eigenvalue weighted by molar-refractivity contribution is 6.17. The van der Waals surface area contributed by atoms with Gasteiger partial charge in [-0.3, -0.25) is 0 Å². The highest BCUT2D eigenvalue weighted by Crippen LogP contribution is 2.45. The van der Waals surface area contributed by atoms with Gasteiger partial charge >= 0.3 is 0 Å². The van der Waals surface area contributed by atoms with E-state index in [2.05, 4.69) is 24.5 Å². The summed E-state index contributed by atoms with van der Waals surface area (Å²) < 4.78 is 7.74. The first-order valence-electron chi connectivity index (χ1n) is 7.65. The average molecular weight is 307 g/mol. The third-order valence-corrected chi connectivity index (χ3v) is 4.78. The second kappa shape index (κ2) is 5.53. The van der Waals surface area contributed by atoms with E-state index in [0.717, 1.165) is 23.5 Å². The maximum absolute atomic E-state index is 5.98. The topological polar surface area (TPSA) is 27.1 Å². The van der Waals surface area contributed by atoms with Crippen LogP contribution in [0.2, 0.25) is 0 Å². The second-order valence-corrected chi connectivity index (χ2v) is 7.13. The number of aromatic nitrogens is 2. The lowest BCUT2D eigenvalue weighted by molar-refractivity contribution is 0.358. The van der Waals surface area contributed by atoms with Crippen LogP contribution in [0.1, 0.15) is 45.0 Å². The molecule has 1 fully saturated rings. The molecule has 1 aromatic heterocycles. The van der Waals surface area contributed by atoms with E-state index in [1.54, 1.807) is 7.11 Å². The van der Waals surface area contributed by atoms with Crippen LogP contribution in [0.4, 0.5) is 0 Å². The fraction of sp³-hybridized carbons (Fsp3) is 0.588. The molecular formula is C17H23ClN2O. The fourth-order valence-corrected chi connectivity index (χ4v) is 3.71. The van der Waals surface area contributed by atoms with Crippen LogP contribution in [0.15, 0.2) is 18.2 Å². The molecule has 0 spiro atoms. The zero-order chi connectivity index (χ0) is 15.0. The van der Waals surface area contributed by atoms with Crippen molar-refractivity contribution in [3.63, 3.8) is 0 Å². The summed E-state index contributed by atoms with van der Waals surface area (Å²) >= 11 is 5.98. The summed E-state index contributed by atoms with van der Waals surface area (Å²) in [6, 6.07) is 6.70. The SMILES string of the molecule is COc1ccc2c(c1)nc(CCCl)n2C1CCC(C)(C)C1. The van der Waals surface area contributed by atoms with Crippen LogP contribution in [-0.2, 0) is 6.42 Å². The molecule has 0 amide bonds. The molecule has 0 bridgehead atoms. The number of hydrogen-bond acceptors (Lipinski definition) is 2. The molecule has 0 radical (unpaired) electrons. The molecule has 1 saturated carbocycles. The number of fused-ring (bicyclic) bond motifs is 1. The molecule has 1 atom stereocenters. The molecule has 2 aromatic rings. The number of halogens is 1. The number of methoxy groups -OCH3 is 1. The van der Waals surface area contributed by atoms with Crippen LogP contribution < -0.4 is 4.74 Å². The first kappa shape index (κ1) is 14.7. The number of rotatable bonds is 4. The van der Waals surface area contributed by atoms with E-state index in [1.165, 1.54) is 24.8 Å². The van der Waals surface area contributed by atoms with E-state index >= 15 is 0 Å². The Bertz CT molecular complexity index is 648. The molecule has 114 valence electrons. The van der Waals surface area contributed by atoms with Crippen LogP contribution in [0, 0.1) is 5.41 Å². The maximum Gasteiger partial charge on any atom is 0.121 e. The summed E-state index contributed by atoms with van der Waals surface area (Å²) in [5, 5.41) is 0. The number of hydrogen-bond donors (Lipinski definition) is 0. The Labute approximate surface area is 131 Å². The van der Waals surface area contributed by atoms with E-state index in [-0.39, 0.29) is 0 Å². The molecule has 0 aliphatic heterocycles. The first-order chi connectivity index (χ1) is 10.0. The number of imidazole rings is 1. The van der Waals surface area contributed by atoms with Gasteiger partial charge in [0.25, 0.3) is 0 Å². The Hall–Kier alpha value is -1.22. The predicted molar refractivity (Wildman–Crippen MR) is 87.4 cm³/mol. The van der Waals surface area contributed by atoms with Gasteiger partial charge in [0.2, 0.25) is 0 Å². The number of benzene rings is 1. The molecular weight excluding hydrogens is 284 g/mol. The maximum atomic E-state index is 5.98. The van der Waals surface area contributed by atoms with E-state index in [9.17, 15) is 0 Å². The van der Waals surface area contributed by atoms with Crippen molar-refractivity contribution in [2.75, 3.05) is 13.0 Å². The third kappa shape index (κ3) is 2.76. The van der Waals surface area contributed by atoms with Gasteiger partial charge in [-0.1, -0.05) is 13.8 Å². The summed E-state index contributed by atoms with van der Waals surface area (Å²) in [5.41, 5.74) is 2.64. The van der Waals surface area contributed by atoms with Crippen molar-refractivity contribution in [3.05, 3.63) is 24.0 Å². The van der Waals surface area contributed by atoms with Gasteiger partial charge in [0.05, 0.1) is 18.1 Å². The van der Waals surface area contributed by atoms with Gasteiger partial charge in [-0.25, -0.2) is 4.98 Å². The Kier molecular flexibility index (Phi) is 3.87. The average Bonchev–Trinajstić information content (AvgIpc) is 2.97. The molecule has 0 saturated heterocycles. The van der Waals surface area contributed by atoms with Crippen molar-refractivity contribution < 1.29 is 4.74 Å². The standard InChI is InChI=1S/C17H23ClN2O/c1-17(2)8-6-12(11-17)20-15-5-4-13(21-3)10-14(15)19-16(20)7-9-18/h4-5,10,12H,6-9,11H2,1-3H3. The van der Waals surface area contributed by atoms with Gasteiger partial charge in [0, 0.05) is 24.4 Å². The number of alkyl halides is 1.